The quantitative estimate of drug-likeness (QED) is 0.835. The Morgan fingerprint density at radius 2 is 2.11 bits per heavy atom. The van der Waals surface area contributed by atoms with Crippen molar-refractivity contribution in [3.05, 3.63) is 34.6 Å². The smallest absolute Gasteiger partial charge is 0.226 e. The third-order valence-corrected chi connectivity index (χ3v) is 2.90. The molecule has 1 rings (SSSR count). The van der Waals surface area contributed by atoms with Gasteiger partial charge in [0.2, 0.25) is 5.91 Å². The molecule has 0 aromatic heterocycles. The van der Waals surface area contributed by atoms with Gasteiger partial charge in [0.05, 0.1) is 10.9 Å². The lowest BCUT2D eigenvalue weighted by atomic mass is 9.98. The van der Waals surface area contributed by atoms with E-state index in [1.54, 1.807) is 6.07 Å². The van der Waals surface area contributed by atoms with E-state index >= 15 is 0 Å². The molecule has 1 amide bonds. The van der Waals surface area contributed by atoms with Crippen molar-refractivity contribution in [3.8, 4) is 0 Å². The molecule has 1 aromatic carbocycles. The molecule has 0 radical (unpaired) electrons. The fourth-order valence-electron chi connectivity index (χ4n) is 1.63. The van der Waals surface area contributed by atoms with Gasteiger partial charge in [-0.1, -0.05) is 31.5 Å². The van der Waals surface area contributed by atoms with Crippen LogP contribution in [0.3, 0.4) is 0 Å². The molecular weight excluding hydrogens is 255 g/mol. The second-order valence-corrected chi connectivity index (χ2v) is 5.09. The highest BCUT2D eigenvalue weighted by atomic mass is 35.5. The van der Waals surface area contributed by atoms with Gasteiger partial charge in [-0.3, -0.25) is 4.79 Å². The summed E-state index contributed by atoms with van der Waals surface area (Å²) in [6, 6.07) is 4.32. The largest absolute Gasteiger partial charge is 0.369 e. The Balaban J connectivity index is 2.78. The van der Waals surface area contributed by atoms with E-state index in [-0.39, 0.29) is 5.02 Å². The molecular formula is C13H18ClFN2O. The molecule has 0 saturated heterocycles. The third kappa shape index (κ3) is 4.27. The number of carbonyl (C=O) groups excluding carboxylic acids is 1. The zero-order valence-electron chi connectivity index (χ0n) is 10.5. The first-order valence-electron chi connectivity index (χ1n) is 5.86. The van der Waals surface area contributed by atoms with Crippen LogP contribution in [0.2, 0.25) is 5.02 Å². The van der Waals surface area contributed by atoms with Gasteiger partial charge in [-0.2, -0.15) is 0 Å². The highest BCUT2D eigenvalue weighted by Gasteiger charge is 2.18. The number of rotatable bonds is 6. The summed E-state index contributed by atoms with van der Waals surface area (Å²) < 4.78 is 13.3. The topological polar surface area (TPSA) is 55.1 Å². The van der Waals surface area contributed by atoms with Crippen molar-refractivity contribution < 1.29 is 9.18 Å². The zero-order valence-corrected chi connectivity index (χ0v) is 11.3. The molecule has 3 N–H and O–H groups in total. The molecule has 0 bridgehead atoms. The average Bonchev–Trinajstić information content (AvgIpc) is 2.27. The minimum absolute atomic E-state index is 0.0390. The number of nitrogens with one attached hydrogen (secondary N) is 1. The van der Waals surface area contributed by atoms with E-state index < -0.39 is 17.6 Å². The summed E-state index contributed by atoms with van der Waals surface area (Å²) in [4.78, 5) is 11.4. The van der Waals surface area contributed by atoms with Crippen molar-refractivity contribution in [2.24, 2.45) is 11.7 Å². The molecule has 0 unspecified atom stereocenters. The van der Waals surface area contributed by atoms with Gasteiger partial charge in [0, 0.05) is 6.54 Å². The molecule has 18 heavy (non-hydrogen) atoms. The summed E-state index contributed by atoms with van der Waals surface area (Å²) in [5, 5.41) is 3.18. The van der Waals surface area contributed by atoms with Crippen molar-refractivity contribution >= 4 is 17.5 Å². The van der Waals surface area contributed by atoms with Crippen molar-refractivity contribution in [2.45, 2.75) is 19.8 Å². The summed E-state index contributed by atoms with van der Waals surface area (Å²) in [6.07, 6.45) is 0. The number of halogens is 2. The minimum Gasteiger partial charge on any atom is -0.369 e. The van der Waals surface area contributed by atoms with Gasteiger partial charge in [0.25, 0.3) is 0 Å². The molecule has 5 heteroatoms. The van der Waals surface area contributed by atoms with E-state index in [1.165, 1.54) is 12.1 Å². The Bertz CT molecular complexity index is 423. The second-order valence-electron chi connectivity index (χ2n) is 4.68. The maximum Gasteiger partial charge on any atom is 0.226 e. The normalized spacial score (nSPS) is 12.7. The summed E-state index contributed by atoms with van der Waals surface area (Å²) in [7, 11) is 0. The van der Waals surface area contributed by atoms with Crippen LogP contribution < -0.4 is 11.1 Å². The second kappa shape index (κ2) is 6.71. The van der Waals surface area contributed by atoms with E-state index in [1.807, 2.05) is 0 Å². The van der Waals surface area contributed by atoms with E-state index in [9.17, 15) is 9.18 Å². The maximum absolute atomic E-state index is 13.3. The van der Waals surface area contributed by atoms with Gasteiger partial charge < -0.3 is 11.1 Å². The monoisotopic (exact) mass is 272 g/mol. The van der Waals surface area contributed by atoms with Gasteiger partial charge >= 0.3 is 0 Å². The van der Waals surface area contributed by atoms with Crippen molar-refractivity contribution in [2.75, 3.05) is 13.1 Å². The highest BCUT2D eigenvalue weighted by molar-refractivity contribution is 6.30. The van der Waals surface area contributed by atoms with E-state index in [2.05, 4.69) is 19.2 Å². The Hall–Kier alpha value is -1.13. The highest BCUT2D eigenvalue weighted by Crippen LogP contribution is 2.21. The van der Waals surface area contributed by atoms with Crippen molar-refractivity contribution in [1.29, 1.82) is 0 Å². The molecule has 0 heterocycles. The van der Waals surface area contributed by atoms with Crippen LogP contribution in [0.15, 0.2) is 18.2 Å². The number of amides is 1. The number of primary amides is 1. The molecule has 100 valence electrons. The summed E-state index contributed by atoms with van der Waals surface area (Å²) >= 11 is 5.60. The number of hydrogen-bond donors (Lipinski definition) is 2. The van der Waals surface area contributed by atoms with Crippen molar-refractivity contribution in [3.63, 3.8) is 0 Å². The predicted octanol–water partition coefficient (Wildman–Crippen LogP) is 2.29. The SMILES string of the molecule is CC(C)CNC[C@@H](C(N)=O)c1ccc(Cl)c(F)c1. The third-order valence-electron chi connectivity index (χ3n) is 2.59. The first-order chi connectivity index (χ1) is 8.41. The predicted molar refractivity (Wildman–Crippen MR) is 71.1 cm³/mol. The number of carbonyl (C=O) groups is 1. The minimum atomic E-state index is -0.546. The Kier molecular flexibility index (Phi) is 5.56. The maximum atomic E-state index is 13.3. The van der Waals surface area contributed by atoms with Gasteiger partial charge in [-0.25, -0.2) is 4.39 Å². The Morgan fingerprint density at radius 1 is 1.44 bits per heavy atom. The van der Waals surface area contributed by atoms with Crippen molar-refractivity contribution in [1.82, 2.24) is 5.32 Å². The molecule has 0 spiro atoms. The lowest BCUT2D eigenvalue weighted by molar-refractivity contribution is -0.119. The number of hydrogen-bond acceptors (Lipinski definition) is 2. The van der Waals surface area contributed by atoms with Crippen LogP contribution in [0.4, 0.5) is 4.39 Å². The van der Waals surface area contributed by atoms with Crippen LogP contribution in [-0.2, 0) is 4.79 Å². The first-order valence-corrected chi connectivity index (χ1v) is 6.24. The summed E-state index contributed by atoms with van der Waals surface area (Å²) in [5.74, 6) is -1.09. The van der Waals surface area contributed by atoms with Crippen LogP contribution in [0.5, 0.6) is 0 Å². The van der Waals surface area contributed by atoms with Crippen LogP contribution in [0, 0.1) is 11.7 Å². The molecule has 1 atom stereocenters. The van der Waals surface area contributed by atoms with Gasteiger partial charge in [-0.15, -0.1) is 0 Å². The van der Waals surface area contributed by atoms with Gasteiger partial charge in [0.1, 0.15) is 5.82 Å². The van der Waals surface area contributed by atoms with E-state index in [0.717, 1.165) is 6.54 Å². The average molecular weight is 273 g/mol. The number of nitrogens with two attached hydrogens (primary N) is 1. The van der Waals surface area contributed by atoms with Crippen LogP contribution in [0.1, 0.15) is 25.3 Å². The number of benzene rings is 1. The lowest BCUT2D eigenvalue weighted by Gasteiger charge is -2.16. The first kappa shape index (κ1) is 14.9. The Labute approximate surface area is 112 Å². The summed E-state index contributed by atoms with van der Waals surface area (Å²) in [5.41, 5.74) is 5.88. The summed E-state index contributed by atoms with van der Waals surface area (Å²) in [6.45, 7) is 5.30. The molecule has 3 nitrogen and oxygen atoms in total. The van der Waals surface area contributed by atoms with E-state index in [0.29, 0.717) is 18.0 Å². The molecule has 0 aliphatic carbocycles. The van der Waals surface area contributed by atoms with Crippen LogP contribution in [0.25, 0.3) is 0 Å². The van der Waals surface area contributed by atoms with Gasteiger partial charge in [-0.05, 0) is 30.2 Å². The molecule has 0 aliphatic rings. The molecule has 1 aromatic rings. The van der Waals surface area contributed by atoms with Crippen LogP contribution >= 0.6 is 11.6 Å². The Morgan fingerprint density at radius 3 is 2.61 bits per heavy atom. The zero-order chi connectivity index (χ0) is 13.7. The molecule has 0 aliphatic heterocycles. The van der Waals surface area contributed by atoms with Crippen LogP contribution in [-0.4, -0.2) is 19.0 Å². The molecule has 0 fully saturated rings. The molecule has 0 saturated carbocycles. The fourth-order valence-corrected chi connectivity index (χ4v) is 1.75. The lowest BCUT2D eigenvalue weighted by Crippen LogP contribution is -2.33. The van der Waals surface area contributed by atoms with E-state index in [4.69, 9.17) is 17.3 Å². The standard InChI is InChI=1S/C13H18ClFN2O/c1-8(2)6-17-7-10(13(16)18)9-3-4-11(14)12(15)5-9/h3-5,8,10,17H,6-7H2,1-2H3,(H2,16,18)/t10-/m1/s1. The fraction of sp³-hybridized carbons (Fsp3) is 0.462. The van der Waals surface area contributed by atoms with Gasteiger partial charge in [0.15, 0.2) is 0 Å².